The van der Waals surface area contributed by atoms with E-state index in [-0.39, 0.29) is 22.3 Å². The van der Waals surface area contributed by atoms with Crippen LogP contribution in [-0.4, -0.2) is 31.7 Å². The molecule has 7 heteroatoms. The van der Waals surface area contributed by atoms with Crippen LogP contribution >= 0.6 is 0 Å². The van der Waals surface area contributed by atoms with Crippen LogP contribution in [-0.2, 0) is 22.8 Å². The van der Waals surface area contributed by atoms with Crippen LogP contribution in [0.15, 0.2) is 16.9 Å². The lowest BCUT2D eigenvalue weighted by Gasteiger charge is -2.25. The zero-order valence-corrected chi connectivity index (χ0v) is 18.5. The molecular formula is C21H31N3O3S. The van der Waals surface area contributed by atoms with Gasteiger partial charge in [-0.2, -0.15) is 0 Å². The normalized spacial score (nSPS) is 18.4. The maximum Gasteiger partial charge on any atom is 0.261 e. The van der Waals surface area contributed by atoms with Crippen LogP contribution in [0.1, 0.15) is 69.4 Å². The lowest BCUT2D eigenvalue weighted by molar-refractivity contribution is 0.0828. The molecule has 0 radical (unpaired) electrons. The lowest BCUT2D eigenvalue weighted by atomic mass is 9.97. The second kappa shape index (κ2) is 8.05. The van der Waals surface area contributed by atoms with Crippen molar-refractivity contribution >= 4 is 21.9 Å². The maximum absolute atomic E-state index is 13.1. The minimum atomic E-state index is -1.21. The monoisotopic (exact) mass is 405 g/mol. The van der Waals surface area contributed by atoms with Crippen LogP contribution in [0.3, 0.4) is 0 Å². The quantitative estimate of drug-likeness (QED) is 0.847. The summed E-state index contributed by atoms with van der Waals surface area (Å²) in [5.41, 5.74) is 2.59. The van der Waals surface area contributed by atoms with Crippen LogP contribution < -0.4 is 10.3 Å². The van der Waals surface area contributed by atoms with Gasteiger partial charge in [-0.3, -0.25) is 9.36 Å². The summed E-state index contributed by atoms with van der Waals surface area (Å²) in [6.45, 7) is 11.2. The molecule has 0 saturated carbocycles. The smallest absolute Gasteiger partial charge is 0.261 e. The van der Waals surface area contributed by atoms with Crippen molar-refractivity contribution in [3.8, 4) is 0 Å². The van der Waals surface area contributed by atoms with Crippen LogP contribution in [0.25, 0.3) is 10.9 Å². The highest BCUT2D eigenvalue weighted by atomic mass is 32.2. The largest absolute Gasteiger partial charge is 0.381 e. The first-order valence-electron chi connectivity index (χ1n) is 9.86. The van der Waals surface area contributed by atoms with Gasteiger partial charge in [0.2, 0.25) is 0 Å². The molecule has 2 atom stereocenters. The van der Waals surface area contributed by atoms with Crippen LogP contribution in [0.5, 0.6) is 0 Å². The van der Waals surface area contributed by atoms with Crippen molar-refractivity contribution < 1.29 is 8.95 Å². The van der Waals surface area contributed by atoms with Gasteiger partial charge in [0.25, 0.3) is 5.56 Å². The van der Waals surface area contributed by atoms with E-state index in [2.05, 4.69) is 4.72 Å². The highest BCUT2D eigenvalue weighted by Gasteiger charge is 2.25. The van der Waals surface area contributed by atoms with Crippen molar-refractivity contribution in [2.24, 2.45) is 7.05 Å². The first-order chi connectivity index (χ1) is 13.1. The molecule has 154 valence electrons. The third-order valence-electron chi connectivity index (χ3n) is 5.28. The topological polar surface area (TPSA) is 73.2 Å². The van der Waals surface area contributed by atoms with Gasteiger partial charge in [-0.15, -0.1) is 0 Å². The fourth-order valence-electron chi connectivity index (χ4n) is 3.62. The molecule has 3 rings (SSSR count). The predicted octanol–water partition coefficient (Wildman–Crippen LogP) is 3.25. The number of nitrogens with zero attached hydrogens (tertiary/aromatic N) is 2. The van der Waals surface area contributed by atoms with Crippen LogP contribution in [0.2, 0.25) is 0 Å². The third kappa shape index (κ3) is 4.21. The van der Waals surface area contributed by atoms with Crippen LogP contribution in [0, 0.1) is 6.92 Å². The molecule has 1 aromatic carbocycles. The van der Waals surface area contributed by atoms with Gasteiger partial charge >= 0.3 is 0 Å². The molecule has 1 N–H and O–H groups in total. The molecule has 2 aromatic rings. The first-order valence-corrected chi connectivity index (χ1v) is 11.0. The molecule has 28 heavy (non-hydrogen) atoms. The molecular weight excluding hydrogens is 374 g/mol. The number of hydrogen-bond acceptors (Lipinski definition) is 4. The Labute approximate surface area is 169 Å². The molecule has 0 spiro atoms. The molecule has 1 aliphatic heterocycles. The van der Waals surface area contributed by atoms with Gasteiger partial charge in [-0.1, -0.05) is 6.07 Å². The van der Waals surface area contributed by atoms with E-state index in [0.717, 1.165) is 29.8 Å². The van der Waals surface area contributed by atoms with Crippen molar-refractivity contribution in [3.63, 3.8) is 0 Å². The summed E-state index contributed by atoms with van der Waals surface area (Å²) in [5.74, 6) is 1.03. The highest BCUT2D eigenvalue weighted by Crippen LogP contribution is 2.29. The first kappa shape index (κ1) is 21.1. The van der Waals surface area contributed by atoms with Gasteiger partial charge in [0, 0.05) is 32.2 Å². The molecule has 0 amide bonds. The summed E-state index contributed by atoms with van der Waals surface area (Å²) in [6.07, 6.45) is 1.74. The summed E-state index contributed by atoms with van der Waals surface area (Å²) in [4.78, 5) is 18.1. The van der Waals surface area contributed by atoms with E-state index < -0.39 is 11.0 Å². The summed E-state index contributed by atoms with van der Waals surface area (Å²) in [5, 5.41) is 0.614. The van der Waals surface area contributed by atoms with Gasteiger partial charge in [-0.05, 0) is 64.7 Å². The summed E-state index contributed by atoms with van der Waals surface area (Å²) in [6, 6.07) is 3.75. The number of ether oxygens (including phenoxy) is 1. The molecule has 0 unspecified atom stereocenters. The minimum Gasteiger partial charge on any atom is -0.381 e. The molecule has 1 fully saturated rings. The SMILES string of the molecule is Cc1cc([C@H](C)N[S@](=O)C(C)(C)C)c2nc(C3CCOCC3)n(C)c(=O)c2c1. The highest BCUT2D eigenvalue weighted by molar-refractivity contribution is 7.84. The molecule has 1 aromatic heterocycles. The van der Waals surface area contributed by atoms with E-state index in [0.29, 0.717) is 24.1 Å². The van der Waals surface area contributed by atoms with Crippen molar-refractivity contribution in [1.82, 2.24) is 14.3 Å². The Morgan fingerprint density at radius 1 is 1.29 bits per heavy atom. The van der Waals surface area contributed by atoms with E-state index in [1.165, 1.54) is 0 Å². The van der Waals surface area contributed by atoms with Crippen molar-refractivity contribution in [2.75, 3.05) is 13.2 Å². The van der Waals surface area contributed by atoms with E-state index in [9.17, 15) is 9.00 Å². The van der Waals surface area contributed by atoms with Gasteiger partial charge < -0.3 is 4.74 Å². The fourth-order valence-corrected chi connectivity index (χ4v) is 4.42. The van der Waals surface area contributed by atoms with Crippen molar-refractivity contribution in [3.05, 3.63) is 39.4 Å². The molecule has 6 nitrogen and oxygen atoms in total. The average molecular weight is 406 g/mol. The fraction of sp³-hybridized carbons (Fsp3) is 0.619. The Balaban J connectivity index is 2.13. The zero-order valence-electron chi connectivity index (χ0n) is 17.7. The zero-order chi connectivity index (χ0) is 20.6. The molecule has 0 aliphatic carbocycles. The molecule has 0 bridgehead atoms. The van der Waals surface area contributed by atoms with Gasteiger partial charge in [0.1, 0.15) is 5.82 Å². The lowest BCUT2D eigenvalue weighted by Crippen LogP contribution is -2.35. The van der Waals surface area contributed by atoms with Crippen molar-refractivity contribution in [1.29, 1.82) is 0 Å². The van der Waals surface area contributed by atoms with E-state index in [1.807, 2.05) is 46.8 Å². The molecule has 2 heterocycles. The summed E-state index contributed by atoms with van der Waals surface area (Å²) >= 11 is 0. The Morgan fingerprint density at radius 3 is 2.54 bits per heavy atom. The minimum absolute atomic E-state index is 0.0272. The van der Waals surface area contributed by atoms with E-state index in [1.54, 1.807) is 11.6 Å². The molecule has 1 aliphatic rings. The van der Waals surface area contributed by atoms with Crippen molar-refractivity contribution in [2.45, 2.75) is 64.2 Å². The second-order valence-electron chi connectivity index (χ2n) is 8.69. The number of nitrogens with one attached hydrogen (secondary N) is 1. The number of aromatic nitrogens is 2. The van der Waals surface area contributed by atoms with E-state index >= 15 is 0 Å². The van der Waals surface area contributed by atoms with Crippen LogP contribution in [0.4, 0.5) is 0 Å². The Hall–Kier alpha value is -1.57. The average Bonchev–Trinajstić information content (AvgIpc) is 2.64. The van der Waals surface area contributed by atoms with Gasteiger partial charge in [-0.25, -0.2) is 13.9 Å². The number of rotatable bonds is 4. The Bertz CT molecular complexity index is 956. The Morgan fingerprint density at radius 2 is 1.93 bits per heavy atom. The standard InChI is InChI=1S/C21H31N3O3S/c1-13-11-16(14(2)23-28(26)21(3,4)5)18-17(12-13)20(25)24(6)19(22-18)15-7-9-27-10-8-15/h11-12,14-15,23H,7-10H2,1-6H3/t14-,28+/m0/s1. The molecule has 1 saturated heterocycles. The summed E-state index contributed by atoms with van der Waals surface area (Å²) in [7, 11) is 0.589. The second-order valence-corrected chi connectivity index (χ2v) is 10.7. The van der Waals surface area contributed by atoms with E-state index in [4.69, 9.17) is 9.72 Å². The number of hydrogen-bond donors (Lipinski definition) is 1. The van der Waals surface area contributed by atoms with Gasteiger partial charge in [0.15, 0.2) is 0 Å². The number of benzene rings is 1. The number of fused-ring (bicyclic) bond motifs is 1. The Kier molecular flexibility index (Phi) is 6.08. The summed E-state index contributed by atoms with van der Waals surface area (Å²) < 4.78 is 22.6. The maximum atomic E-state index is 13.1. The predicted molar refractivity (Wildman–Crippen MR) is 114 cm³/mol. The number of aryl methyl sites for hydroxylation is 1. The third-order valence-corrected chi connectivity index (χ3v) is 6.96. The van der Waals surface area contributed by atoms with Gasteiger partial charge in [0.05, 0.1) is 26.6 Å².